The molecule has 1 N–H and O–H groups in total. The quantitative estimate of drug-likeness (QED) is 0.459. The third-order valence-electron chi connectivity index (χ3n) is 2.10. The van der Waals surface area contributed by atoms with Gasteiger partial charge in [-0.05, 0) is 12.6 Å². The van der Waals surface area contributed by atoms with E-state index in [1.54, 1.807) is 0 Å². The lowest BCUT2D eigenvalue weighted by atomic mass is 10.0. The first-order chi connectivity index (χ1) is 7.04. The SMILES string of the molecule is CCc1c(F)c(F)c(CC=N)c(F)c1F. The van der Waals surface area contributed by atoms with Crippen molar-refractivity contribution in [1.29, 1.82) is 5.41 Å². The summed E-state index contributed by atoms with van der Waals surface area (Å²) in [6.45, 7) is 1.40. The highest BCUT2D eigenvalue weighted by Crippen LogP contribution is 2.24. The summed E-state index contributed by atoms with van der Waals surface area (Å²) in [4.78, 5) is 0. The maximum absolute atomic E-state index is 13.2. The van der Waals surface area contributed by atoms with Crippen LogP contribution in [0, 0.1) is 28.7 Å². The second-order valence-electron chi connectivity index (χ2n) is 2.97. The Kier molecular flexibility index (Phi) is 3.44. The molecule has 0 radical (unpaired) electrons. The molecule has 0 saturated heterocycles. The first-order valence-electron chi connectivity index (χ1n) is 4.37. The summed E-state index contributed by atoms with van der Waals surface area (Å²) in [5.41, 5.74) is -1.34. The largest absolute Gasteiger partial charge is 0.313 e. The third kappa shape index (κ3) is 1.86. The minimum Gasteiger partial charge on any atom is -0.313 e. The van der Waals surface area contributed by atoms with Crippen LogP contribution >= 0.6 is 0 Å². The highest BCUT2D eigenvalue weighted by Gasteiger charge is 2.23. The van der Waals surface area contributed by atoms with E-state index in [9.17, 15) is 17.6 Å². The first kappa shape index (κ1) is 11.7. The monoisotopic (exact) mass is 219 g/mol. The molecule has 0 aromatic heterocycles. The number of hydrogen-bond donors (Lipinski definition) is 1. The van der Waals surface area contributed by atoms with Crippen LogP contribution in [0.25, 0.3) is 0 Å². The Balaban J connectivity index is 3.50. The van der Waals surface area contributed by atoms with Gasteiger partial charge < -0.3 is 5.41 Å². The van der Waals surface area contributed by atoms with Crippen molar-refractivity contribution >= 4 is 6.21 Å². The molecule has 0 aliphatic heterocycles. The van der Waals surface area contributed by atoms with E-state index in [0.29, 0.717) is 6.21 Å². The van der Waals surface area contributed by atoms with Gasteiger partial charge in [0, 0.05) is 17.5 Å². The van der Waals surface area contributed by atoms with Crippen LogP contribution in [0.4, 0.5) is 17.6 Å². The molecule has 0 bridgehead atoms. The maximum atomic E-state index is 13.2. The molecular weight excluding hydrogens is 210 g/mol. The number of halogens is 4. The summed E-state index contributed by atoms with van der Waals surface area (Å²) in [5, 5.41) is 6.67. The highest BCUT2D eigenvalue weighted by molar-refractivity contribution is 5.58. The van der Waals surface area contributed by atoms with E-state index in [-0.39, 0.29) is 6.42 Å². The summed E-state index contributed by atoms with van der Waals surface area (Å²) in [6, 6.07) is 0. The van der Waals surface area contributed by atoms with Crippen LogP contribution in [0.5, 0.6) is 0 Å². The number of hydrogen-bond acceptors (Lipinski definition) is 1. The highest BCUT2D eigenvalue weighted by atomic mass is 19.2. The molecule has 0 amide bonds. The summed E-state index contributed by atoms with van der Waals surface area (Å²) in [5.74, 6) is -5.55. The number of nitrogens with one attached hydrogen (secondary N) is 1. The van der Waals surface area contributed by atoms with E-state index in [4.69, 9.17) is 5.41 Å². The fraction of sp³-hybridized carbons (Fsp3) is 0.300. The van der Waals surface area contributed by atoms with Gasteiger partial charge in [0.15, 0.2) is 23.3 Å². The van der Waals surface area contributed by atoms with Gasteiger partial charge in [0.2, 0.25) is 0 Å². The Morgan fingerprint density at radius 1 is 0.933 bits per heavy atom. The predicted octanol–water partition coefficient (Wildman–Crippen LogP) is 3.00. The average Bonchev–Trinajstić information content (AvgIpc) is 2.23. The Morgan fingerprint density at radius 3 is 1.67 bits per heavy atom. The molecule has 1 aromatic carbocycles. The Bertz CT molecular complexity index is 372. The van der Waals surface area contributed by atoms with Crippen molar-refractivity contribution < 1.29 is 17.6 Å². The van der Waals surface area contributed by atoms with Crippen molar-refractivity contribution in [3.8, 4) is 0 Å². The second kappa shape index (κ2) is 4.42. The smallest absolute Gasteiger partial charge is 0.165 e. The third-order valence-corrected chi connectivity index (χ3v) is 2.10. The second-order valence-corrected chi connectivity index (χ2v) is 2.97. The molecular formula is C10H9F4N. The van der Waals surface area contributed by atoms with Crippen molar-refractivity contribution in [2.75, 3.05) is 0 Å². The normalized spacial score (nSPS) is 10.5. The van der Waals surface area contributed by atoms with Crippen LogP contribution in [-0.2, 0) is 12.8 Å². The van der Waals surface area contributed by atoms with E-state index < -0.39 is 40.8 Å². The topological polar surface area (TPSA) is 23.9 Å². The molecule has 0 atom stereocenters. The van der Waals surface area contributed by atoms with Crippen molar-refractivity contribution in [1.82, 2.24) is 0 Å². The van der Waals surface area contributed by atoms with Gasteiger partial charge in [-0.2, -0.15) is 0 Å². The molecule has 1 nitrogen and oxygen atoms in total. The zero-order chi connectivity index (χ0) is 11.6. The fourth-order valence-electron chi connectivity index (χ4n) is 1.31. The van der Waals surface area contributed by atoms with E-state index in [1.165, 1.54) is 6.92 Å². The van der Waals surface area contributed by atoms with Crippen molar-refractivity contribution in [2.45, 2.75) is 19.8 Å². The molecule has 0 saturated carbocycles. The number of rotatable bonds is 3. The van der Waals surface area contributed by atoms with Crippen LogP contribution < -0.4 is 0 Å². The van der Waals surface area contributed by atoms with E-state index >= 15 is 0 Å². The van der Waals surface area contributed by atoms with Crippen LogP contribution in [0.2, 0.25) is 0 Å². The molecule has 0 spiro atoms. The molecule has 0 aliphatic carbocycles. The van der Waals surface area contributed by atoms with Gasteiger partial charge in [-0.15, -0.1) is 0 Å². The first-order valence-corrected chi connectivity index (χ1v) is 4.37. The van der Waals surface area contributed by atoms with Gasteiger partial charge in [-0.25, -0.2) is 17.6 Å². The molecule has 0 unspecified atom stereocenters. The summed E-state index contributed by atoms with van der Waals surface area (Å²) >= 11 is 0. The number of benzene rings is 1. The van der Waals surface area contributed by atoms with Gasteiger partial charge in [-0.1, -0.05) is 6.92 Å². The minimum absolute atomic E-state index is 0.129. The zero-order valence-electron chi connectivity index (χ0n) is 8.00. The summed E-state index contributed by atoms with van der Waals surface area (Å²) < 4.78 is 52.7. The maximum Gasteiger partial charge on any atom is 0.165 e. The molecule has 82 valence electrons. The molecule has 15 heavy (non-hydrogen) atoms. The van der Waals surface area contributed by atoms with E-state index in [2.05, 4.69) is 0 Å². The van der Waals surface area contributed by atoms with Gasteiger partial charge in [0.25, 0.3) is 0 Å². The molecule has 0 heterocycles. The Hall–Kier alpha value is -1.39. The Labute approximate surface area is 84.2 Å². The lowest BCUT2D eigenvalue weighted by Crippen LogP contribution is -2.08. The average molecular weight is 219 g/mol. The minimum atomic E-state index is -1.41. The Morgan fingerprint density at radius 2 is 1.33 bits per heavy atom. The van der Waals surface area contributed by atoms with Crippen molar-refractivity contribution in [3.05, 3.63) is 34.4 Å². The molecule has 0 fully saturated rings. The lowest BCUT2D eigenvalue weighted by molar-refractivity contribution is 0.430. The summed E-state index contributed by atoms with van der Waals surface area (Å²) in [6.07, 6.45) is 0.0951. The molecule has 5 heteroatoms. The van der Waals surface area contributed by atoms with Gasteiger partial charge >= 0.3 is 0 Å². The summed E-state index contributed by atoms with van der Waals surface area (Å²) in [7, 11) is 0. The molecule has 0 aliphatic rings. The molecule has 1 aromatic rings. The van der Waals surface area contributed by atoms with E-state index in [1.807, 2.05) is 0 Å². The van der Waals surface area contributed by atoms with Crippen LogP contribution in [-0.4, -0.2) is 6.21 Å². The van der Waals surface area contributed by atoms with Gasteiger partial charge in [0.1, 0.15) is 0 Å². The van der Waals surface area contributed by atoms with E-state index in [0.717, 1.165) is 0 Å². The van der Waals surface area contributed by atoms with Gasteiger partial charge in [-0.3, -0.25) is 0 Å². The van der Waals surface area contributed by atoms with Crippen LogP contribution in [0.15, 0.2) is 0 Å². The standard InChI is InChI=1S/C10H9F4N/c1-2-5-7(11)9(13)6(3-4-15)10(14)8(5)12/h4,15H,2-3H2,1H3. The molecule has 1 rings (SSSR count). The lowest BCUT2D eigenvalue weighted by Gasteiger charge is -2.08. The van der Waals surface area contributed by atoms with Crippen molar-refractivity contribution in [2.24, 2.45) is 0 Å². The van der Waals surface area contributed by atoms with Crippen LogP contribution in [0.1, 0.15) is 18.1 Å². The van der Waals surface area contributed by atoms with Crippen molar-refractivity contribution in [3.63, 3.8) is 0 Å². The fourth-order valence-corrected chi connectivity index (χ4v) is 1.31. The van der Waals surface area contributed by atoms with Crippen LogP contribution in [0.3, 0.4) is 0 Å². The predicted molar refractivity (Wildman–Crippen MR) is 48.1 cm³/mol. The van der Waals surface area contributed by atoms with Gasteiger partial charge in [0.05, 0.1) is 0 Å². The zero-order valence-corrected chi connectivity index (χ0v) is 8.00.